The van der Waals surface area contributed by atoms with Crippen molar-refractivity contribution >= 4 is 21.4 Å². The van der Waals surface area contributed by atoms with Crippen LogP contribution in [0, 0.1) is 5.92 Å². The second kappa shape index (κ2) is 6.23. The van der Waals surface area contributed by atoms with Crippen molar-refractivity contribution in [3.63, 3.8) is 0 Å². The Morgan fingerprint density at radius 3 is 2.48 bits per heavy atom. The third kappa shape index (κ3) is 3.49. The molecular formula is C15H25N3O2S. The quantitative estimate of drug-likeness (QED) is 0.838. The minimum atomic E-state index is -3.43. The topological polar surface area (TPSA) is 75.4 Å². The van der Waals surface area contributed by atoms with E-state index in [1.54, 1.807) is 12.1 Å². The smallest absolute Gasteiger partial charge is 0.242 e. The third-order valence-corrected chi connectivity index (χ3v) is 6.07. The molecule has 1 fully saturated rings. The SMILES string of the molecule is CC1CCCCC1Nc1ccc(S(=O)(=O)N(C)C)cc1N. The molecular weight excluding hydrogens is 286 g/mol. The van der Waals surface area contributed by atoms with Crippen LogP contribution >= 0.6 is 0 Å². The molecule has 1 saturated carbocycles. The van der Waals surface area contributed by atoms with Crippen molar-refractivity contribution in [2.24, 2.45) is 5.92 Å². The van der Waals surface area contributed by atoms with Gasteiger partial charge in [-0.25, -0.2) is 12.7 Å². The number of hydrogen-bond acceptors (Lipinski definition) is 4. The summed E-state index contributed by atoms with van der Waals surface area (Å²) in [6, 6.07) is 5.33. The maximum Gasteiger partial charge on any atom is 0.242 e. The molecule has 21 heavy (non-hydrogen) atoms. The fraction of sp³-hybridized carbons (Fsp3) is 0.600. The predicted molar refractivity (Wildman–Crippen MR) is 86.8 cm³/mol. The number of sulfonamides is 1. The Morgan fingerprint density at radius 1 is 1.24 bits per heavy atom. The Balaban J connectivity index is 2.20. The number of nitrogens with zero attached hydrogens (tertiary/aromatic N) is 1. The highest BCUT2D eigenvalue weighted by Gasteiger charge is 2.23. The average Bonchev–Trinajstić information content (AvgIpc) is 2.43. The van der Waals surface area contributed by atoms with Gasteiger partial charge in [-0.15, -0.1) is 0 Å². The molecule has 3 N–H and O–H groups in total. The first-order valence-electron chi connectivity index (χ1n) is 7.41. The highest BCUT2D eigenvalue weighted by molar-refractivity contribution is 7.89. The van der Waals surface area contributed by atoms with Crippen LogP contribution in [-0.4, -0.2) is 32.9 Å². The first-order valence-corrected chi connectivity index (χ1v) is 8.85. The second-order valence-corrected chi connectivity index (χ2v) is 8.20. The molecule has 1 aromatic carbocycles. The van der Waals surface area contributed by atoms with E-state index in [0.717, 1.165) is 12.1 Å². The summed E-state index contributed by atoms with van der Waals surface area (Å²) in [5, 5.41) is 3.47. The van der Waals surface area contributed by atoms with E-state index in [-0.39, 0.29) is 4.90 Å². The summed E-state index contributed by atoms with van der Waals surface area (Å²) in [5.41, 5.74) is 7.34. The van der Waals surface area contributed by atoms with Crippen molar-refractivity contribution in [1.82, 2.24) is 4.31 Å². The summed E-state index contributed by atoms with van der Waals surface area (Å²) in [6.45, 7) is 2.25. The Bertz CT molecular complexity index is 599. The van der Waals surface area contributed by atoms with E-state index in [0.29, 0.717) is 17.6 Å². The summed E-state index contributed by atoms with van der Waals surface area (Å²) in [6.07, 6.45) is 4.88. The fourth-order valence-corrected chi connectivity index (χ4v) is 3.71. The number of hydrogen-bond donors (Lipinski definition) is 2. The zero-order valence-electron chi connectivity index (χ0n) is 13.0. The van der Waals surface area contributed by atoms with Gasteiger partial charge in [0, 0.05) is 20.1 Å². The molecule has 1 aliphatic carbocycles. The molecule has 0 heterocycles. The van der Waals surface area contributed by atoms with Crippen LogP contribution in [0.2, 0.25) is 0 Å². The van der Waals surface area contributed by atoms with Crippen molar-refractivity contribution in [1.29, 1.82) is 0 Å². The van der Waals surface area contributed by atoms with Gasteiger partial charge in [-0.05, 0) is 37.0 Å². The molecule has 5 nitrogen and oxygen atoms in total. The zero-order chi connectivity index (χ0) is 15.6. The van der Waals surface area contributed by atoms with E-state index in [4.69, 9.17) is 5.73 Å². The zero-order valence-corrected chi connectivity index (χ0v) is 13.8. The minimum absolute atomic E-state index is 0.229. The van der Waals surface area contributed by atoms with Gasteiger partial charge in [0.2, 0.25) is 10.0 Å². The van der Waals surface area contributed by atoms with E-state index in [1.165, 1.54) is 43.7 Å². The van der Waals surface area contributed by atoms with Crippen LogP contribution in [0.1, 0.15) is 32.6 Å². The third-order valence-electron chi connectivity index (χ3n) is 4.25. The lowest BCUT2D eigenvalue weighted by Gasteiger charge is -2.30. The standard InChI is InChI=1S/C15H25N3O2S/c1-11-6-4-5-7-14(11)17-15-9-8-12(10-13(15)16)21(19,20)18(2)3/h8-11,14,17H,4-7,16H2,1-3H3. The van der Waals surface area contributed by atoms with Gasteiger partial charge in [-0.2, -0.15) is 0 Å². The molecule has 0 aromatic heterocycles. The van der Waals surface area contributed by atoms with E-state index < -0.39 is 10.0 Å². The Kier molecular flexibility index (Phi) is 4.78. The van der Waals surface area contributed by atoms with Crippen LogP contribution in [-0.2, 0) is 10.0 Å². The maximum absolute atomic E-state index is 12.1. The number of nitrogens with two attached hydrogens (primary N) is 1. The maximum atomic E-state index is 12.1. The Labute approximate surface area is 127 Å². The van der Waals surface area contributed by atoms with Gasteiger partial charge >= 0.3 is 0 Å². The molecule has 2 rings (SSSR count). The summed E-state index contributed by atoms with van der Waals surface area (Å²) in [7, 11) is -0.404. The first kappa shape index (κ1) is 16.1. The molecule has 0 radical (unpaired) electrons. The average molecular weight is 311 g/mol. The molecule has 0 bridgehead atoms. The molecule has 2 atom stereocenters. The fourth-order valence-electron chi connectivity index (χ4n) is 2.77. The normalized spacial score (nSPS) is 23.2. The van der Waals surface area contributed by atoms with Gasteiger partial charge < -0.3 is 11.1 Å². The number of nitrogen functional groups attached to an aromatic ring is 1. The second-order valence-electron chi connectivity index (χ2n) is 6.05. The lowest BCUT2D eigenvalue weighted by molar-refractivity contribution is 0.349. The molecule has 6 heteroatoms. The van der Waals surface area contributed by atoms with Gasteiger partial charge in [-0.1, -0.05) is 19.8 Å². The van der Waals surface area contributed by atoms with Crippen molar-refractivity contribution in [2.75, 3.05) is 25.1 Å². The van der Waals surface area contributed by atoms with Crippen LogP contribution in [0.3, 0.4) is 0 Å². The molecule has 1 aliphatic rings. The summed E-state index contributed by atoms with van der Waals surface area (Å²) >= 11 is 0. The van der Waals surface area contributed by atoms with Crippen molar-refractivity contribution in [3.05, 3.63) is 18.2 Å². The van der Waals surface area contributed by atoms with Crippen molar-refractivity contribution in [3.8, 4) is 0 Å². The van der Waals surface area contributed by atoms with Crippen LogP contribution in [0.15, 0.2) is 23.1 Å². The van der Waals surface area contributed by atoms with Gasteiger partial charge in [0.15, 0.2) is 0 Å². The lowest BCUT2D eigenvalue weighted by Crippen LogP contribution is -2.30. The molecule has 0 saturated heterocycles. The van der Waals surface area contributed by atoms with Crippen LogP contribution < -0.4 is 11.1 Å². The number of benzene rings is 1. The van der Waals surface area contributed by atoms with E-state index in [2.05, 4.69) is 12.2 Å². The van der Waals surface area contributed by atoms with Crippen LogP contribution in [0.5, 0.6) is 0 Å². The van der Waals surface area contributed by atoms with Crippen molar-refractivity contribution in [2.45, 2.75) is 43.5 Å². The lowest BCUT2D eigenvalue weighted by atomic mass is 9.86. The van der Waals surface area contributed by atoms with Gasteiger partial charge in [-0.3, -0.25) is 0 Å². The van der Waals surface area contributed by atoms with Gasteiger partial charge in [0.1, 0.15) is 0 Å². The van der Waals surface area contributed by atoms with E-state index in [1.807, 2.05) is 0 Å². The number of rotatable bonds is 4. The molecule has 1 aromatic rings. The molecule has 2 unspecified atom stereocenters. The highest BCUT2D eigenvalue weighted by atomic mass is 32.2. The van der Waals surface area contributed by atoms with Gasteiger partial charge in [0.25, 0.3) is 0 Å². The van der Waals surface area contributed by atoms with E-state index >= 15 is 0 Å². The predicted octanol–water partition coefficient (Wildman–Crippen LogP) is 2.51. The summed E-state index contributed by atoms with van der Waals surface area (Å²) in [5.74, 6) is 0.614. The monoisotopic (exact) mass is 311 g/mol. The highest BCUT2D eigenvalue weighted by Crippen LogP contribution is 2.30. The molecule has 118 valence electrons. The minimum Gasteiger partial charge on any atom is -0.397 e. The number of anilines is 2. The van der Waals surface area contributed by atoms with Gasteiger partial charge in [0.05, 0.1) is 16.3 Å². The summed E-state index contributed by atoms with van der Waals surface area (Å²) in [4.78, 5) is 0.229. The van der Waals surface area contributed by atoms with Crippen LogP contribution in [0.25, 0.3) is 0 Å². The molecule has 0 amide bonds. The largest absolute Gasteiger partial charge is 0.397 e. The Morgan fingerprint density at radius 2 is 1.90 bits per heavy atom. The van der Waals surface area contributed by atoms with Crippen LogP contribution in [0.4, 0.5) is 11.4 Å². The first-order chi connectivity index (χ1) is 9.82. The molecule has 0 aliphatic heterocycles. The number of nitrogens with one attached hydrogen (secondary N) is 1. The molecule has 0 spiro atoms. The Hall–Kier alpha value is -1.27. The van der Waals surface area contributed by atoms with E-state index in [9.17, 15) is 8.42 Å². The summed E-state index contributed by atoms with van der Waals surface area (Å²) < 4.78 is 25.4. The van der Waals surface area contributed by atoms with Crippen molar-refractivity contribution < 1.29 is 8.42 Å².